The van der Waals surface area contributed by atoms with E-state index in [1.165, 1.54) is 111 Å². The Morgan fingerprint density at radius 3 is 0.884 bits per heavy atom. The van der Waals surface area contributed by atoms with Crippen molar-refractivity contribution in [3.63, 3.8) is 0 Å². The molecule has 12 aromatic carbocycles. The van der Waals surface area contributed by atoms with Gasteiger partial charge in [0.25, 0.3) is 0 Å². The molecule has 3 aliphatic carbocycles. The smallest absolute Gasteiger partial charge is 0.0462 e. The highest BCUT2D eigenvalue weighted by Gasteiger charge is 2.39. The number of hydrogen-bond donors (Lipinski definition) is 0. The maximum atomic E-state index is 2.51. The van der Waals surface area contributed by atoms with Gasteiger partial charge in [-0.3, -0.25) is 0 Å². The average molecular weight is 1110 g/mol. The van der Waals surface area contributed by atoms with E-state index in [1.54, 1.807) is 0 Å². The molecule has 0 bridgehead atoms. The van der Waals surface area contributed by atoms with Gasteiger partial charge in [0.1, 0.15) is 0 Å². The molecule has 0 amide bonds. The average Bonchev–Trinajstić information content (AvgIpc) is 1.69. The summed E-state index contributed by atoms with van der Waals surface area (Å²) in [6.07, 6.45) is 3.13. The van der Waals surface area contributed by atoms with Crippen molar-refractivity contribution < 1.29 is 0 Å². The van der Waals surface area contributed by atoms with E-state index in [4.69, 9.17) is 0 Å². The molecule has 0 unspecified atom stereocenters. The molecule has 0 saturated carbocycles. The monoisotopic (exact) mass is 1110 g/mol. The van der Waals surface area contributed by atoms with Crippen molar-refractivity contribution in [2.24, 2.45) is 0 Å². The number of para-hydroxylation sites is 3. The van der Waals surface area contributed by atoms with Gasteiger partial charge in [0, 0.05) is 50.4 Å². The van der Waals surface area contributed by atoms with Crippen LogP contribution in [0.15, 0.2) is 279 Å². The molecule has 2 nitrogen and oxygen atoms in total. The fraction of sp³-hybridized carbons (Fsp3) is 0.143. The molecule has 0 radical (unpaired) electrons. The predicted octanol–water partition coefficient (Wildman–Crippen LogP) is 22.7. The van der Waals surface area contributed by atoms with Crippen molar-refractivity contribution in [1.29, 1.82) is 0 Å². The van der Waals surface area contributed by atoms with Gasteiger partial charge in [-0.15, -0.1) is 0 Å². The lowest BCUT2D eigenvalue weighted by molar-refractivity contribution is 0.658. The van der Waals surface area contributed by atoms with Crippen molar-refractivity contribution in [3.8, 4) is 66.8 Å². The summed E-state index contributed by atoms with van der Waals surface area (Å²) in [5, 5.41) is 0. The Kier molecular flexibility index (Phi) is 12.8. The molecule has 12 aromatic rings. The van der Waals surface area contributed by atoms with E-state index in [2.05, 4.69) is 330 Å². The number of benzene rings is 12. The topological polar surface area (TPSA) is 6.48 Å². The first-order valence-electron chi connectivity index (χ1n) is 30.8. The van der Waals surface area contributed by atoms with Gasteiger partial charge in [0.15, 0.2) is 0 Å². The molecule has 0 saturated heterocycles. The first kappa shape index (κ1) is 53.0. The molecule has 2 heteroatoms. The molecule has 416 valence electrons. The van der Waals surface area contributed by atoms with Crippen LogP contribution in [0.3, 0.4) is 0 Å². The van der Waals surface area contributed by atoms with Gasteiger partial charge in [-0.1, -0.05) is 224 Å². The maximum absolute atomic E-state index is 2.51. The van der Waals surface area contributed by atoms with Crippen LogP contribution in [0.5, 0.6) is 0 Å². The van der Waals surface area contributed by atoms with E-state index < -0.39 is 0 Å². The highest BCUT2D eigenvalue weighted by atomic mass is 15.1. The number of rotatable bonds is 13. The molecule has 0 spiro atoms. The van der Waals surface area contributed by atoms with E-state index in [-0.39, 0.29) is 16.2 Å². The third-order valence-corrected chi connectivity index (χ3v) is 19.4. The third-order valence-electron chi connectivity index (χ3n) is 19.4. The van der Waals surface area contributed by atoms with Crippen LogP contribution < -0.4 is 9.80 Å². The molecule has 86 heavy (non-hydrogen) atoms. The number of anilines is 6. The highest BCUT2D eigenvalue weighted by Crippen LogP contribution is 2.54. The molecule has 0 atom stereocenters. The number of aryl methyl sites for hydroxylation is 2. The molecular weight excluding hydrogens is 1040 g/mol. The van der Waals surface area contributed by atoms with Crippen molar-refractivity contribution in [2.45, 2.75) is 77.0 Å². The minimum absolute atomic E-state index is 0.0288. The van der Waals surface area contributed by atoms with Gasteiger partial charge in [0.2, 0.25) is 0 Å². The normalized spacial score (nSPS) is 14.1. The molecule has 0 heterocycles. The van der Waals surface area contributed by atoms with Crippen LogP contribution in [0.25, 0.3) is 66.8 Å². The predicted molar refractivity (Wildman–Crippen MR) is 363 cm³/mol. The molecule has 15 rings (SSSR count). The van der Waals surface area contributed by atoms with E-state index in [0.29, 0.717) is 0 Å². The van der Waals surface area contributed by atoms with Crippen LogP contribution in [0, 0.1) is 0 Å². The standard InChI is InChI=1S/C84H70N2/c1-82(2)76-28-17-16-27-70(76)72-47-36-60(52-78(72)82)62-38-49-74-75-50-39-63(55-81(75)84(5,6)80(74)54-62)61-37-48-73-71-46-31-57(51-77(71)83(3,4)79(73)53-61)20-18-19-56-29-40-67(41-30-56)86(66-25-14-9-15-26-66)69-44-34-59(35-45-69)58-32-42-68(43-33-58)85(64-21-10-7-11-22-64)65-23-12-8-13-24-65/h7-17,21-55H,18-20H2,1-6H3. The van der Waals surface area contributed by atoms with E-state index in [1.807, 2.05) is 0 Å². The number of nitrogens with zero attached hydrogens (tertiary/aromatic N) is 2. The number of fused-ring (bicyclic) bond motifs is 9. The summed E-state index contributed by atoms with van der Waals surface area (Å²) in [5.41, 5.74) is 33.4. The Morgan fingerprint density at radius 1 is 0.221 bits per heavy atom. The van der Waals surface area contributed by atoms with Crippen LogP contribution in [0.4, 0.5) is 34.1 Å². The van der Waals surface area contributed by atoms with Gasteiger partial charge in [-0.05, 0) is 228 Å². The summed E-state index contributed by atoms with van der Waals surface area (Å²) >= 11 is 0. The van der Waals surface area contributed by atoms with Crippen molar-refractivity contribution in [2.75, 3.05) is 9.80 Å². The summed E-state index contributed by atoms with van der Waals surface area (Å²) in [6, 6.07) is 104. The minimum atomic E-state index is -0.139. The lowest BCUT2D eigenvalue weighted by Gasteiger charge is -2.26. The van der Waals surface area contributed by atoms with Gasteiger partial charge in [-0.25, -0.2) is 0 Å². The minimum Gasteiger partial charge on any atom is -0.311 e. The Morgan fingerprint density at radius 2 is 0.488 bits per heavy atom. The highest BCUT2D eigenvalue weighted by molar-refractivity contribution is 5.90. The molecule has 0 N–H and O–H groups in total. The van der Waals surface area contributed by atoms with E-state index >= 15 is 0 Å². The third kappa shape index (κ3) is 9.01. The van der Waals surface area contributed by atoms with Crippen molar-refractivity contribution >= 4 is 34.1 Å². The molecule has 3 aliphatic rings. The van der Waals surface area contributed by atoms with Gasteiger partial charge >= 0.3 is 0 Å². The maximum Gasteiger partial charge on any atom is 0.0462 e. The number of hydrogen-bond acceptors (Lipinski definition) is 2. The molecular formula is C84H70N2. The zero-order valence-corrected chi connectivity index (χ0v) is 50.1. The fourth-order valence-corrected chi connectivity index (χ4v) is 14.6. The largest absolute Gasteiger partial charge is 0.311 e. The summed E-state index contributed by atoms with van der Waals surface area (Å²) in [5.74, 6) is 0. The Bertz CT molecular complexity index is 4490. The quantitative estimate of drug-likeness (QED) is 0.114. The van der Waals surface area contributed by atoms with Crippen molar-refractivity contribution in [1.82, 2.24) is 0 Å². The first-order chi connectivity index (χ1) is 41.9. The lowest BCUT2D eigenvalue weighted by atomic mass is 9.79. The second kappa shape index (κ2) is 20.8. The zero-order valence-electron chi connectivity index (χ0n) is 50.1. The zero-order chi connectivity index (χ0) is 58.3. The van der Waals surface area contributed by atoms with Gasteiger partial charge in [0.05, 0.1) is 0 Å². The summed E-state index contributed by atoms with van der Waals surface area (Å²) < 4.78 is 0. The lowest BCUT2D eigenvalue weighted by Crippen LogP contribution is -2.16. The van der Waals surface area contributed by atoms with Crippen LogP contribution in [-0.4, -0.2) is 0 Å². The van der Waals surface area contributed by atoms with Gasteiger partial charge < -0.3 is 9.80 Å². The molecule has 0 aliphatic heterocycles. The van der Waals surface area contributed by atoms with Crippen LogP contribution >= 0.6 is 0 Å². The second-order valence-electron chi connectivity index (χ2n) is 25.6. The second-order valence-corrected chi connectivity index (χ2v) is 25.6. The van der Waals surface area contributed by atoms with Crippen LogP contribution in [-0.2, 0) is 29.1 Å². The Labute approximate surface area is 508 Å². The Balaban J connectivity index is 0.616. The van der Waals surface area contributed by atoms with Crippen LogP contribution in [0.1, 0.15) is 92.5 Å². The van der Waals surface area contributed by atoms with E-state index in [9.17, 15) is 0 Å². The Hall–Kier alpha value is -9.76. The molecule has 0 fully saturated rings. The van der Waals surface area contributed by atoms with Crippen molar-refractivity contribution in [3.05, 3.63) is 324 Å². The SMILES string of the molecule is CC1(C)c2ccccc2-c2ccc(-c3ccc4c(c3)C(C)(C)c3cc(-c5ccc6c(c5)C(C)(C)c5cc(CCCc7ccc(N(c8ccccc8)c8ccc(-c9ccc(N(c%10ccccc%10)c%10ccccc%10)cc9)cc8)cc7)ccc5-6)ccc3-4)cc21. The molecule has 0 aromatic heterocycles. The van der Waals surface area contributed by atoms with Gasteiger partial charge in [-0.2, -0.15) is 0 Å². The fourth-order valence-electron chi connectivity index (χ4n) is 14.6. The first-order valence-corrected chi connectivity index (χ1v) is 30.8. The summed E-state index contributed by atoms with van der Waals surface area (Å²) in [6.45, 7) is 14.4. The van der Waals surface area contributed by atoms with Crippen LogP contribution in [0.2, 0.25) is 0 Å². The summed E-state index contributed by atoms with van der Waals surface area (Å²) in [7, 11) is 0. The van der Waals surface area contributed by atoms with E-state index in [0.717, 1.165) is 53.4 Å². The summed E-state index contributed by atoms with van der Waals surface area (Å²) in [4.78, 5) is 4.66.